The average Bonchev–Trinajstić information content (AvgIpc) is 2.45. The van der Waals surface area contributed by atoms with Crippen LogP contribution in [-0.4, -0.2) is 35.5 Å². The number of benzene rings is 1. The zero-order valence-electron chi connectivity index (χ0n) is 11.8. The van der Waals surface area contributed by atoms with Crippen molar-refractivity contribution >= 4 is 28.7 Å². The minimum Gasteiger partial charge on any atom is -0.487 e. The lowest BCUT2D eigenvalue weighted by molar-refractivity contribution is -0.384. The second kappa shape index (κ2) is 7.90. The number of alkyl halides is 4. The van der Waals surface area contributed by atoms with E-state index in [4.69, 9.17) is 12.2 Å². The Morgan fingerprint density at radius 2 is 2.09 bits per heavy atom. The van der Waals surface area contributed by atoms with E-state index in [0.29, 0.717) is 6.54 Å². The van der Waals surface area contributed by atoms with Crippen molar-refractivity contribution in [3.05, 3.63) is 28.3 Å². The van der Waals surface area contributed by atoms with Crippen molar-refractivity contribution < 1.29 is 27.2 Å². The van der Waals surface area contributed by atoms with Crippen LogP contribution in [0.2, 0.25) is 0 Å². The van der Waals surface area contributed by atoms with E-state index < -0.39 is 29.6 Å². The largest absolute Gasteiger partial charge is 0.487 e. The maximum Gasteiger partial charge on any atom is 0.340 e. The molecule has 0 spiro atoms. The van der Waals surface area contributed by atoms with Gasteiger partial charge in [0, 0.05) is 18.7 Å². The van der Waals surface area contributed by atoms with E-state index in [1.165, 1.54) is 0 Å². The minimum absolute atomic E-state index is 0.0977. The Labute approximate surface area is 134 Å². The number of non-ortho nitro benzene ring substituents is 1. The fraction of sp³-hybridized carbons (Fsp3) is 0.417. The maximum absolute atomic E-state index is 12.8. The van der Waals surface area contributed by atoms with Gasteiger partial charge in [-0.25, -0.2) is 8.78 Å². The summed E-state index contributed by atoms with van der Waals surface area (Å²) >= 11 is 4.89. The molecule has 0 fully saturated rings. The van der Waals surface area contributed by atoms with E-state index in [2.05, 4.69) is 15.4 Å². The standard InChI is InChI=1S/C12H13F4N3O3S/c1-2-17-11(23)18-7-3-8(19(20)21)5-9(4-7)22-6-12(15,16)10(13)14/h3-5,10H,2,6H2,1H3,(H2,17,18,23). The van der Waals surface area contributed by atoms with Crippen molar-refractivity contribution in [1.82, 2.24) is 5.32 Å². The highest BCUT2D eigenvalue weighted by Crippen LogP contribution is 2.29. The molecule has 0 aliphatic heterocycles. The number of nitrogens with zero attached hydrogens (tertiary/aromatic N) is 1. The van der Waals surface area contributed by atoms with Crippen molar-refractivity contribution in [2.24, 2.45) is 0 Å². The van der Waals surface area contributed by atoms with E-state index in [1.807, 2.05) is 0 Å². The Morgan fingerprint density at radius 1 is 1.43 bits per heavy atom. The van der Waals surface area contributed by atoms with Gasteiger partial charge in [0.15, 0.2) is 11.7 Å². The van der Waals surface area contributed by atoms with Crippen molar-refractivity contribution in [2.45, 2.75) is 19.3 Å². The summed E-state index contributed by atoms with van der Waals surface area (Å²) in [6.45, 7) is 0.649. The van der Waals surface area contributed by atoms with Gasteiger partial charge in [-0.3, -0.25) is 10.1 Å². The summed E-state index contributed by atoms with van der Waals surface area (Å²) in [5.74, 6) is -4.72. The van der Waals surface area contributed by atoms with Crippen molar-refractivity contribution in [2.75, 3.05) is 18.5 Å². The molecule has 128 valence electrons. The molecule has 1 rings (SSSR count). The molecule has 0 aliphatic rings. The molecule has 0 unspecified atom stereocenters. The van der Waals surface area contributed by atoms with Crippen molar-refractivity contribution in [3.8, 4) is 5.75 Å². The number of nitrogens with one attached hydrogen (secondary N) is 2. The van der Waals surface area contributed by atoms with Crippen molar-refractivity contribution in [3.63, 3.8) is 0 Å². The lowest BCUT2D eigenvalue weighted by Crippen LogP contribution is -2.33. The molecule has 0 atom stereocenters. The molecule has 0 saturated heterocycles. The van der Waals surface area contributed by atoms with Gasteiger partial charge in [0.1, 0.15) is 5.75 Å². The maximum atomic E-state index is 12.8. The summed E-state index contributed by atoms with van der Waals surface area (Å²) in [5.41, 5.74) is -0.370. The van der Waals surface area contributed by atoms with E-state index >= 15 is 0 Å². The van der Waals surface area contributed by atoms with E-state index in [-0.39, 0.29) is 16.5 Å². The van der Waals surface area contributed by atoms with Crippen LogP contribution in [0, 0.1) is 10.1 Å². The Bertz CT molecular complexity index is 587. The summed E-state index contributed by atoms with van der Waals surface area (Å²) in [7, 11) is 0. The molecular formula is C12H13F4N3O3S. The lowest BCUT2D eigenvalue weighted by atomic mass is 10.2. The summed E-state index contributed by atoms with van der Waals surface area (Å²) in [6.07, 6.45) is -3.90. The van der Waals surface area contributed by atoms with Crippen LogP contribution in [0.5, 0.6) is 5.75 Å². The number of halogens is 4. The average molecular weight is 355 g/mol. The summed E-state index contributed by atoms with van der Waals surface area (Å²) < 4.78 is 54.4. The highest BCUT2D eigenvalue weighted by Gasteiger charge is 2.41. The number of nitro groups is 1. The van der Waals surface area contributed by atoms with Gasteiger partial charge in [-0.15, -0.1) is 0 Å². The highest BCUT2D eigenvalue weighted by atomic mass is 32.1. The minimum atomic E-state index is -4.36. The number of ether oxygens (including phenoxy) is 1. The Balaban J connectivity index is 2.96. The van der Waals surface area contributed by atoms with Gasteiger partial charge < -0.3 is 15.4 Å². The molecule has 0 aromatic heterocycles. The lowest BCUT2D eigenvalue weighted by Gasteiger charge is -2.16. The highest BCUT2D eigenvalue weighted by molar-refractivity contribution is 7.80. The topological polar surface area (TPSA) is 76.4 Å². The second-order valence-electron chi connectivity index (χ2n) is 4.31. The first-order chi connectivity index (χ1) is 10.7. The second-order valence-corrected chi connectivity index (χ2v) is 4.72. The number of hydrogen-bond acceptors (Lipinski definition) is 4. The smallest absolute Gasteiger partial charge is 0.340 e. The molecule has 11 heteroatoms. The fourth-order valence-electron chi connectivity index (χ4n) is 1.42. The molecule has 2 N–H and O–H groups in total. The Hall–Kier alpha value is -2.17. The summed E-state index contributed by atoms with van der Waals surface area (Å²) in [6, 6.07) is 3.09. The van der Waals surface area contributed by atoms with Crippen LogP contribution >= 0.6 is 12.2 Å². The molecule has 0 bridgehead atoms. The quantitative estimate of drug-likeness (QED) is 0.339. The first kappa shape index (κ1) is 18.9. The fourth-order valence-corrected chi connectivity index (χ4v) is 1.68. The SMILES string of the molecule is CCNC(=S)Nc1cc(OCC(F)(F)C(F)F)cc([N+](=O)[O-])c1. The molecular weight excluding hydrogens is 342 g/mol. The number of thiocarbonyl (C=S) groups is 1. The molecule has 0 amide bonds. The summed E-state index contributed by atoms with van der Waals surface area (Å²) in [4.78, 5) is 10.1. The molecule has 6 nitrogen and oxygen atoms in total. The number of anilines is 1. The third-order valence-corrected chi connectivity index (χ3v) is 2.69. The third kappa shape index (κ3) is 5.85. The predicted molar refractivity (Wildman–Crippen MR) is 79.4 cm³/mol. The number of nitro benzene ring substituents is 1. The van der Waals surface area contributed by atoms with Gasteiger partial charge in [-0.1, -0.05) is 0 Å². The van der Waals surface area contributed by atoms with Crippen LogP contribution in [0.1, 0.15) is 6.92 Å². The Kier molecular flexibility index (Phi) is 6.49. The van der Waals surface area contributed by atoms with Gasteiger partial charge in [-0.05, 0) is 19.1 Å². The van der Waals surface area contributed by atoms with Crippen molar-refractivity contribution in [1.29, 1.82) is 0 Å². The molecule has 0 radical (unpaired) electrons. The molecule has 1 aromatic rings. The van der Waals surface area contributed by atoms with Crippen LogP contribution in [0.3, 0.4) is 0 Å². The van der Waals surface area contributed by atoms with Gasteiger partial charge in [0.25, 0.3) is 5.69 Å². The monoisotopic (exact) mass is 355 g/mol. The van der Waals surface area contributed by atoms with E-state index in [0.717, 1.165) is 18.2 Å². The molecule has 1 aromatic carbocycles. The molecule has 23 heavy (non-hydrogen) atoms. The molecule has 0 aliphatic carbocycles. The van der Waals surface area contributed by atoms with Crippen LogP contribution in [0.25, 0.3) is 0 Å². The van der Waals surface area contributed by atoms with Gasteiger partial charge in [0.05, 0.1) is 16.7 Å². The first-order valence-electron chi connectivity index (χ1n) is 6.29. The number of hydrogen-bond donors (Lipinski definition) is 2. The Morgan fingerprint density at radius 3 is 2.61 bits per heavy atom. The third-order valence-electron chi connectivity index (χ3n) is 2.45. The van der Waals surface area contributed by atoms with Gasteiger partial charge >= 0.3 is 12.3 Å². The first-order valence-corrected chi connectivity index (χ1v) is 6.69. The number of rotatable bonds is 7. The van der Waals surface area contributed by atoms with Crippen LogP contribution < -0.4 is 15.4 Å². The summed E-state index contributed by atoms with van der Waals surface area (Å²) in [5, 5.41) is 16.3. The molecule has 0 heterocycles. The zero-order chi connectivity index (χ0) is 17.6. The van der Waals surface area contributed by atoms with Gasteiger partial charge in [0.2, 0.25) is 0 Å². The van der Waals surface area contributed by atoms with E-state index in [9.17, 15) is 27.7 Å². The molecule has 0 saturated carbocycles. The zero-order valence-corrected chi connectivity index (χ0v) is 12.6. The normalized spacial score (nSPS) is 11.2. The van der Waals surface area contributed by atoms with Crippen LogP contribution in [-0.2, 0) is 0 Å². The van der Waals surface area contributed by atoms with Gasteiger partial charge in [-0.2, -0.15) is 8.78 Å². The predicted octanol–water partition coefficient (Wildman–Crippen LogP) is 3.18. The van der Waals surface area contributed by atoms with E-state index in [1.54, 1.807) is 6.92 Å². The van der Waals surface area contributed by atoms with Crippen LogP contribution in [0.15, 0.2) is 18.2 Å². The van der Waals surface area contributed by atoms with Crippen LogP contribution in [0.4, 0.5) is 28.9 Å².